The number of nitrogens with zero attached hydrogens (tertiary/aromatic N) is 2. The summed E-state index contributed by atoms with van der Waals surface area (Å²) in [5.74, 6) is -1.02. The summed E-state index contributed by atoms with van der Waals surface area (Å²) in [5.41, 5.74) is 3.61. The third-order valence-corrected chi connectivity index (χ3v) is 4.45. The summed E-state index contributed by atoms with van der Waals surface area (Å²) in [6.07, 6.45) is 0.663. The number of ether oxygens (including phenoxy) is 1. The van der Waals surface area contributed by atoms with E-state index in [1.807, 2.05) is 25.1 Å². The Labute approximate surface area is 124 Å². The first-order chi connectivity index (χ1) is 9.59. The second-order valence-electron chi connectivity index (χ2n) is 4.70. The SMILES string of the molecule is Cc1cccc(-n2nc(C(=O)O)c3c2CCOC3)c1Br. The van der Waals surface area contributed by atoms with E-state index in [-0.39, 0.29) is 5.69 Å². The fraction of sp³-hybridized carbons (Fsp3) is 0.286. The van der Waals surface area contributed by atoms with Crippen molar-refractivity contribution in [2.45, 2.75) is 20.0 Å². The van der Waals surface area contributed by atoms with Gasteiger partial charge < -0.3 is 9.84 Å². The van der Waals surface area contributed by atoms with E-state index in [2.05, 4.69) is 21.0 Å². The predicted octanol–water partition coefficient (Wildman–Crippen LogP) is 2.71. The van der Waals surface area contributed by atoms with Crippen molar-refractivity contribution in [1.82, 2.24) is 9.78 Å². The monoisotopic (exact) mass is 336 g/mol. The van der Waals surface area contributed by atoms with Crippen LogP contribution in [0.3, 0.4) is 0 Å². The maximum absolute atomic E-state index is 11.3. The molecule has 0 aliphatic carbocycles. The summed E-state index contributed by atoms with van der Waals surface area (Å²) in [5, 5.41) is 13.6. The lowest BCUT2D eigenvalue weighted by Crippen LogP contribution is -2.14. The molecule has 1 N–H and O–H groups in total. The van der Waals surface area contributed by atoms with Gasteiger partial charge in [-0.25, -0.2) is 9.48 Å². The summed E-state index contributed by atoms with van der Waals surface area (Å²) in [4.78, 5) is 11.3. The predicted molar refractivity (Wildman–Crippen MR) is 76.3 cm³/mol. The Morgan fingerprint density at radius 1 is 1.50 bits per heavy atom. The minimum absolute atomic E-state index is 0.0770. The molecule has 1 aromatic carbocycles. The zero-order chi connectivity index (χ0) is 14.3. The van der Waals surface area contributed by atoms with Gasteiger partial charge in [0, 0.05) is 16.5 Å². The van der Waals surface area contributed by atoms with Crippen LogP contribution in [-0.4, -0.2) is 27.5 Å². The zero-order valence-corrected chi connectivity index (χ0v) is 12.5. The van der Waals surface area contributed by atoms with Crippen LogP contribution in [-0.2, 0) is 17.8 Å². The normalized spacial score (nSPS) is 14.1. The molecule has 1 aromatic heterocycles. The quantitative estimate of drug-likeness (QED) is 0.915. The highest BCUT2D eigenvalue weighted by molar-refractivity contribution is 9.10. The van der Waals surface area contributed by atoms with Gasteiger partial charge in [-0.15, -0.1) is 0 Å². The molecule has 3 rings (SSSR count). The average Bonchev–Trinajstić information content (AvgIpc) is 2.82. The van der Waals surface area contributed by atoms with E-state index in [0.29, 0.717) is 25.2 Å². The molecule has 104 valence electrons. The van der Waals surface area contributed by atoms with E-state index in [1.165, 1.54) is 0 Å². The Morgan fingerprint density at radius 3 is 3.05 bits per heavy atom. The third kappa shape index (κ3) is 2.05. The Morgan fingerprint density at radius 2 is 2.30 bits per heavy atom. The Kier molecular flexibility index (Phi) is 3.35. The van der Waals surface area contributed by atoms with Gasteiger partial charge in [0.25, 0.3) is 0 Å². The fourth-order valence-corrected chi connectivity index (χ4v) is 2.84. The van der Waals surface area contributed by atoms with Gasteiger partial charge in [0.05, 0.1) is 24.6 Å². The number of aryl methyl sites for hydroxylation is 1. The van der Waals surface area contributed by atoms with Gasteiger partial charge in [0.2, 0.25) is 0 Å². The van der Waals surface area contributed by atoms with Gasteiger partial charge >= 0.3 is 5.97 Å². The van der Waals surface area contributed by atoms with E-state index < -0.39 is 5.97 Å². The summed E-state index contributed by atoms with van der Waals surface area (Å²) < 4.78 is 8.01. The molecule has 6 heteroatoms. The van der Waals surface area contributed by atoms with E-state index >= 15 is 0 Å². The lowest BCUT2D eigenvalue weighted by molar-refractivity contribution is 0.0677. The molecule has 1 aliphatic heterocycles. The van der Waals surface area contributed by atoms with Gasteiger partial charge in [-0.3, -0.25) is 0 Å². The average molecular weight is 337 g/mol. The minimum Gasteiger partial charge on any atom is -0.476 e. The topological polar surface area (TPSA) is 64.4 Å². The summed E-state index contributed by atoms with van der Waals surface area (Å²) >= 11 is 3.55. The highest BCUT2D eigenvalue weighted by Crippen LogP contribution is 2.29. The van der Waals surface area contributed by atoms with Crippen molar-refractivity contribution in [3.8, 4) is 5.69 Å². The summed E-state index contributed by atoms with van der Waals surface area (Å²) in [6.45, 7) is 2.88. The molecule has 0 bridgehead atoms. The molecule has 0 amide bonds. The number of carboxylic acids is 1. The molecule has 0 unspecified atom stereocenters. The number of carbonyl (C=O) groups is 1. The Bertz CT molecular complexity index is 694. The maximum atomic E-state index is 11.3. The molecule has 1 aliphatic rings. The van der Waals surface area contributed by atoms with Crippen LogP contribution in [0.2, 0.25) is 0 Å². The number of carboxylic acid groups (broad SMARTS) is 1. The number of benzene rings is 1. The molecule has 0 saturated carbocycles. The fourth-order valence-electron chi connectivity index (χ4n) is 2.40. The highest BCUT2D eigenvalue weighted by Gasteiger charge is 2.26. The van der Waals surface area contributed by atoms with E-state index in [4.69, 9.17) is 4.74 Å². The smallest absolute Gasteiger partial charge is 0.356 e. The van der Waals surface area contributed by atoms with Crippen molar-refractivity contribution in [3.05, 3.63) is 45.2 Å². The first-order valence-corrected chi connectivity index (χ1v) is 7.06. The minimum atomic E-state index is -1.02. The molecular formula is C14H13BrN2O3. The lowest BCUT2D eigenvalue weighted by Gasteiger charge is -2.16. The van der Waals surface area contributed by atoms with Crippen LogP contribution in [0, 0.1) is 6.92 Å². The van der Waals surface area contributed by atoms with Crippen LogP contribution >= 0.6 is 15.9 Å². The van der Waals surface area contributed by atoms with Crippen molar-refractivity contribution in [1.29, 1.82) is 0 Å². The van der Waals surface area contributed by atoms with Crippen LogP contribution in [0.5, 0.6) is 0 Å². The van der Waals surface area contributed by atoms with Gasteiger partial charge in [-0.1, -0.05) is 12.1 Å². The van der Waals surface area contributed by atoms with Crippen LogP contribution < -0.4 is 0 Å². The first-order valence-electron chi connectivity index (χ1n) is 6.27. The Balaban J connectivity index is 2.24. The second kappa shape index (κ2) is 5.03. The molecule has 2 heterocycles. The molecule has 0 atom stereocenters. The molecule has 2 aromatic rings. The van der Waals surface area contributed by atoms with Crippen LogP contribution in [0.25, 0.3) is 5.69 Å². The van der Waals surface area contributed by atoms with E-state index in [1.54, 1.807) is 4.68 Å². The van der Waals surface area contributed by atoms with Crippen molar-refractivity contribution >= 4 is 21.9 Å². The molecular weight excluding hydrogens is 324 g/mol. The van der Waals surface area contributed by atoms with Crippen LogP contribution in [0.4, 0.5) is 0 Å². The maximum Gasteiger partial charge on any atom is 0.356 e. The standard InChI is InChI=1S/C14H13BrN2O3/c1-8-3-2-4-11(12(8)15)17-10-5-6-20-7-9(10)13(16-17)14(18)19/h2-4H,5-7H2,1H3,(H,18,19). The van der Waals surface area contributed by atoms with E-state index in [9.17, 15) is 9.90 Å². The zero-order valence-electron chi connectivity index (χ0n) is 10.9. The number of halogens is 1. The van der Waals surface area contributed by atoms with Crippen LogP contribution in [0.15, 0.2) is 22.7 Å². The highest BCUT2D eigenvalue weighted by atomic mass is 79.9. The van der Waals surface area contributed by atoms with Gasteiger partial charge in [0.1, 0.15) is 0 Å². The summed E-state index contributed by atoms with van der Waals surface area (Å²) in [6, 6.07) is 5.85. The molecule has 5 nitrogen and oxygen atoms in total. The lowest BCUT2D eigenvalue weighted by atomic mass is 10.1. The van der Waals surface area contributed by atoms with Gasteiger partial charge in [-0.05, 0) is 34.5 Å². The summed E-state index contributed by atoms with van der Waals surface area (Å²) in [7, 11) is 0. The van der Waals surface area contributed by atoms with Crippen molar-refractivity contribution in [2.24, 2.45) is 0 Å². The van der Waals surface area contributed by atoms with Crippen molar-refractivity contribution in [2.75, 3.05) is 6.61 Å². The molecule has 0 fully saturated rings. The number of aromatic carboxylic acids is 1. The second-order valence-corrected chi connectivity index (χ2v) is 5.49. The first kappa shape index (κ1) is 13.3. The number of hydrogen-bond acceptors (Lipinski definition) is 3. The van der Waals surface area contributed by atoms with Gasteiger partial charge in [-0.2, -0.15) is 5.10 Å². The number of hydrogen-bond donors (Lipinski definition) is 1. The van der Waals surface area contributed by atoms with E-state index in [0.717, 1.165) is 21.4 Å². The molecule has 0 saturated heterocycles. The van der Waals surface area contributed by atoms with Crippen molar-refractivity contribution in [3.63, 3.8) is 0 Å². The third-order valence-electron chi connectivity index (χ3n) is 3.42. The molecule has 20 heavy (non-hydrogen) atoms. The number of rotatable bonds is 2. The Hall–Kier alpha value is -1.66. The largest absolute Gasteiger partial charge is 0.476 e. The number of fused-ring (bicyclic) bond motifs is 1. The molecule has 0 radical (unpaired) electrons. The van der Waals surface area contributed by atoms with Crippen LogP contribution in [0.1, 0.15) is 27.3 Å². The van der Waals surface area contributed by atoms with Crippen molar-refractivity contribution < 1.29 is 14.6 Å². The van der Waals surface area contributed by atoms with Gasteiger partial charge in [0.15, 0.2) is 5.69 Å². The number of aromatic nitrogens is 2. The molecule has 0 spiro atoms.